The minimum atomic E-state index is -1.05. The van der Waals surface area contributed by atoms with E-state index >= 15 is 0 Å². The molecule has 0 unspecified atom stereocenters. The van der Waals surface area contributed by atoms with Crippen LogP contribution in [0.3, 0.4) is 0 Å². The van der Waals surface area contributed by atoms with Crippen molar-refractivity contribution in [3.63, 3.8) is 0 Å². The van der Waals surface area contributed by atoms with E-state index in [1.54, 1.807) is 39.5 Å². The van der Waals surface area contributed by atoms with Crippen molar-refractivity contribution in [2.45, 2.75) is 26.3 Å². The minimum absolute atomic E-state index is 0.0132. The van der Waals surface area contributed by atoms with E-state index in [1.807, 2.05) is 12.1 Å². The fourth-order valence-corrected chi connectivity index (χ4v) is 3.31. The van der Waals surface area contributed by atoms with Gasteiger partial charge in [0.15, 0.2) is 11.5 Å². The second-order valence-electron chi connectivity index (χ2n) is 5.99. The lowest BCUT2D eigenvalue weighted by atomic mass is 10.0. The van der Waals surface area contributed by atoms with Gasteiger partial charge in [-0.25, -0.2) is 9.78 Å². The predicted octanol–water partition coefficient (Wildman–Crippen LogP) is 2.60. The summed E-state index contributed by atoms with van der Waals surface area (Å²) in [6.45, 7) is 3.49. The molecular weight excluding hydrogens is 356 g/mol. The molecule has 1 heterocycles. The number of nitrogens with zero attached hydrogens (tertiary/aromatic N) is 1. The first kappa shape index (κ1) is 19.7. The SMILES string of the molecule is COc1cccc(-c2nc(CC(=O)N[C@@H](C(=O)O)C(C)C)cs2)c1OC. The molecule has 0 bridgehead atoms. The largest absolute Gasteiger partial charge is 0.493 e. The first-order valence-corrected chi connectivity index (χ1v) is 8.93. The molecule has 0 spiro atoms. The molecule has 7 nitrogen and oxygen atoms in total. The maximum atomic E-state index is 12.1. The van der Waals surface area contributed by atoms with Crippen molar-refractivity contribution in [3.8, 4) is 22.1 Å². The highest BCUT2D eigenvalue weighted by molar-refractivity contribution is 7.13. The molecule has 0 radical (unpaired) electrons. The van der Waals surface area contributed by atoms with E-state index in [1.165, 1.54) is 11.3 Å². The number of ether oxygens (including phenoxy) is 2. The molecule has 0 saturated carbocycles. The van der Waals surface area contributed by atoms with Gasteiger partial charge < -0.3 is 19.9 Å². The number of hydrogen-bond donors (Lipinski definition) is 2. The molecule has 8 heteroatoms. The summed E-state index contributed by atoms with van der Waals surface area (Å²) >= 11 is 1.38. The summed E-state index contributed by atoms with van der Waals surface area (Å²) in [6.07, 6.45) is 0.0132. The van der Waals surface area contributed by atoms with Crippen molar-refractivity contribution in [2.24, 2.45) is 5.92 Å². The first-order chi connectivity index (χ1) is 12.4. The number of aromatic nitrogens is 1. The summed E-state index contributed by atoms with van der Waals surface area (Å²) in [7, 11) is 3.12. The lowest BCUT2D eigenvalue weighted by Crippen LogP contribution is -2.44. The number of rotatable bonds is 8. The third-order valence-corrected chi connectivity index (χ3v) is 4.70. The van der Waals surface area contributed by atoms with Gasteiger partial charge in [0.1, 0.15) is 11.0 Å². The van der Waals surface area contributed by atoms with Crippen molar-refractivity contribution >= 4 is 23.2 Å². The van der Waals surface area contributed by atoms with Gasteiger partial charge in [0.05, 0.1) is 31.9 Å². The average molecular weight is 378 g/mol. The summed E-state index contributed by atoms with van der Waals surface area (Å²) in [5, 5.41) is 14.2. The van der Waals surface area contributed by atoms with E-state index in [4.69, 9.17) is 14.6 Å². The van der Waals surface area contributed by atoms with Crippen LogP contribution in [0.1, 0.15) is 19.5 Å². The van der Waals surface area contributed by atoms with Crippen LogP contribution in [0.2, 0.25) is 0 Å². The summed E-state index contributed by atoms with van der Waals surface area (Å²) in [4.78, 5) is 27.8. The number of carboxylic acid groups (broad SMARTS) is 1. The van der Waals surface area contributed by atoms with E-state index in [-0.39, 0.29) is 18.2 Å². The number of para-hydroxylation sites is 1. The number of nitrogens with one attached hydrogen (secondary N) is 1. The Labute approximate surface area is 156 Å². The van der Waals surface area contributed by atoms with E-state index in [0.29, 0.717) is 22.2 Å². The van der Waals surface area contributed by atoms with Crippen molar-refractivity contribution in [1.29, 1.82) is 0 Å². The summed E-state index contributed by atoms with van der Waals surface area (Å²) in [5.74, 6) is -0.454. The van der Waals surface area contributed by atoms with Crippen LogP contribution in [-0.4, -0.2) is 42.2 Å². The van der Waals surface area contributed by atoms with Crippen molar-refractivity contribution in [3.05, 3.63) is 29.3 Å². The number of carboxylic acids is 1. The molecule has 26 heavy (non-hydrogen) atoms. The molecule has 2 aromatic rings. The molecule has 0 aliphatic carbocycles. The van der Waals surface area contributed by atoms with Crippen LogP contribution in [0.25, 0.3) is 10.6 Å². The molecule has 0 aliphatic rings. The summed E-state index contributed by atoms with van der Waals surface area (Å²) in [5.41, 5.74) is 1.34. The van der Waals surface area contributed by atoms with Gasteiger partial charge in [-0.15, -0.1) is 11.3 Å². The number of methoxy groups -OCH3 is 2. The highest BCUT2D eigenvalue weighted by atomic mass is 32.1. The standard InChI is InChI=1S/C18H22N2O5S/c1-10(2)15(18(22)23)20-14(21)8-11-9-26-17(19-11)12-6-5-7-13(24-3)16(12)25-4/h5-7,9-10,15H,8H2,1-4H3,(H,20,21)(H,22,23)/t15-/m1/s1. The molecule has 1 amide bonds. The Morgan fingerprint density at radius 3 is 2.58 bits per heavy atom. The first-order valence-electron chi connectivity index (χ1n) is 8.05. The quantitative estimate of drug-likeness (QED) is 0.733. The van der Waals surface area contributed by atoms with E-state index < -0.39 is 12.0 Å². The second kappa shape index (κ2) is 8.66. The Bertz CT molecular complexity index is 788. The van der Waals surface area contributed by atoms with Gasteiger partial charge in [0, 0.05) is 5.38 Å². The molecule has 1 atom stereocenters. The normalized spacial score (nSPS) is 11.9. The number of carbonyl (C=O) groups is 2. The molecular formula is C18H22N2O5S. The molecule has 0 saturated heterocycles. The summed E-state index contributed by atoms with van der Waals surface area (Å²) < 4.78 is 10.7. The van der Waals surface area contributed by atoms with E-state index in [9.17, 15) is 9.59 Å². The van der Waals surface area contributed by atoms with Crippen LogP contribution >= 0.6 is 11.3 Å². The van der Waals surface area contributed by atoms with Gasteiger partial charge in [-0.2, -0.15) is 0 Å². The third-order valence-electron chi connectivity index (χ3n) is 3.78. The maximum Gasteiger partial charge on any atom is 0.326 e. The number of aliphatic carboxylic acids is 1. The number of carbonyl (C=O) groups excluding carboxylic acids is 1. The maximum absolute atomic E-state index is 12.1. The van der Waals surface area contributed by atoms with Gasteiger partial charge in [-0.3, -0.25) is 4.79 Å². The molecule has 1 aromatic heterocycles. The number of amides is 1. The van der Waals surface area contributed by atoms with Crippen molar-refractivity contribution in [2.75, 3.05) is 14.2 Å². The monoisotopic (exact) mass is 378 g/mol. The van der Waals surface area contributed by atoms with Gasteiger partial charge in [0.2, 0.25) is 5.91 Å². The Balaban J connectivity index is 2.16. The van der Waals surface area contributed by atoms with E-state index in [0.717, 1.165) is 5.56 Å². The zero-order valence-corrected chi connectivity index (χ0v) is 15.9. The summed E-state index contributed by atoms with van der Waals surface area (Å²) in [6, 6.07) is 4.58. The van der Waals surface area contributed by atoms with Crippen LogP contribution in [0.15, 0.2) is 23.6 Å². The Kier molecular flexibility index (Phi) is 6.57. The molecule has 0 fully saturated rings. The molecule has 2 N–H and O–H groups in total. The van der Waals surface area contributed by atoms with Gasteiger partial charge in [-0.05, 0) is 18.1 Å². The number of hydrogen-bond acceptors (Lipinski definition) is 6. The number of benzene rings is 1. The Hall–Kier alpha value is -2.61. The topological polar surface area (TPSA) is 97.8 Å². The smallest absolute Gasteiger partial charge is 0.326 e. The van der Waals surface area contributed by atoms with Crippen LogP contribution in [0.5, 0.6) is 11.5 Å². The third kappa shape index (κ3) is 4.51. The molecule has 1 aromatic carbocycles. The second-order valence-corrected chi connectivity index (χ2v) is 6.85. The highest BCUT2D eigenvalue weighted by Gasteiger charge is 2.24. The van der Waals surface area contributed by atoms with Crippen molar-refractivity contribution < 1.29 is 24.2 Å². The molecule has 0 aliphatic heterocycles. The van der Waals surface area contributed by atoms with Crippen LogP contribution in [-0.2, 0) is 16.0 Å². The van der Waals surface area contributed by atoms with Crippen LogP contribution < -0.4 is 14.8 Å². The van der Waals surface area contributed by atoms with E-state index in [2.05, 4.69) is 10.3 Å². The fourth-order valence-electron chi connectivity index (χ4n) is 2.47. The fraction of sp³-hybridized carbons (Fsp3) is 0.389. The lowest BCUT2D eigenvalue weighted by molar-refractivity contribution is -0.143. The Morgan fingerprint density at radius 1 is 1.27 bits per heavy atom. The zero-order chi connectivity index (χ0) is 19.3. The predicted molar refractivity (Wildman–Crippen MR) is 98.8 cm³/mol. The molecule has 2 rings (SSSR count). The zero-order valence-electron chi connectivity index (χ0n) is 15.1. The lowest BCUT2D eigenvalue weighted by Gasteiger charge is -2.17. The Morgan fingerprint density at radius 2 is 2.00 bits per heavy atom. The van der Waals surface area contributed by atoms with Gasteiger partial charge >= 0.3 is 5.97 Å². The highest BCUT2D eigenvalue weighted by Crippen LogP contribution is 2.38. The van der Waals surface area contributed by atoms with Crippen molar-refractivity contribution in [1.82, 2.24) is 10.3 Å². The van der Waals surface area contributed by atoms with Gasteiger partial charge in [-0.1, -0.05) is 19.9 Å². The molecule has 140 valence electrons. The van der Waals surface area contributed by atoms with Gasteiger partial charge in [0.25, 0.3) is 0 Å². The van der Waals surface area contributed by atoms with Crippen LogP contribution in [0.4, 0.5) is 0 Å². The minimum Gasteiger partial charge on any atom is -0.493 e. The average Bonchev–Trinajstić information content (AvgIpc) is 3.06. The number of thiazole rings is 1. The van der Waals surface area contributed by atoms with Crippen LogP contribution in [0, 0.1) is 5.92 Å².